The van der Waals surface area contributed by atoms with Gasteiger partial charge in [0.2, 0.25) is 0 Å². The first-order valence-corrected chi connectivity index (χ1v) is 3.81. The summed E-state index contributed by atoms with van der Waals surface area (Å²) >= 11 is 7.37. The largest absolute Gasteiger partial charge is 0.379 e. The molecule has 0 aliphatic rings. The van der Waals surface area contributed by atoms with Crippen molar-refractivity contribution < 1.29 is 4.74 Å². The summed E-state index contributed by atoms with van der Waals surface area (Å²) in [6, 6.07) is 1.88. The van der Waals surface area contributed by atoms with Gasteiger partial charge in [-0.3, -0.25) is 0 Å². The molecule has 50 valence electrons. The molecule has 0 bridgehead atoms. The Bertz CT molecular complexity index is 185. The second kappa shape index (κ2) is 3.20. The van der Waals surface area contributed by atoms with Crippen LogP contribution in [0.4, 0.5) is 0 Å². The monoisotopic (exact) mass is 162 g/mol. The number of thiophene rings is 1. The predicted molar refractivity (Wildman–Crippen MR) is 40.0 cm³/mol. The summed E-state index contributed by atoms with van der Waals surface area (Å²) in [4.78, 5) is 1.10. The van der Waals surface area contributed by atoms with Crippen LogP contribution in [0.25, 0.3) is 0 Å². The van der Waals surface area contributed by atoms with Crippen LogP contribution < -0.4 is 0 Å². The number of halogens is 1. The molecule has 0 spiro atoms. The van der Waals surface area contributed by atoms with Gasteiger partial charge in [0.25, 0.3) is 0 Å². The highest BCUT2D eigenvalue weighted by Crippen LogP contribution is 2.21. The highest BCUT2D eigenvalue weighted by molar-refractivity contribution is 7.10. The molecule has 0 saturated heterocycles. The van der Waals surface area contributed by atoms with Crippen molar-refractivity contribution in [3.05, 3.63) is 21.3 Å². The zero-order valence-corrected chi connectivity index (χ0v) is 6.63. The number of rotatable bonds is 2. The zero-order chi connectivity index (χ0) is 6.69. The molecule has 0 saturated carbocycles. The number of hydrogen-bond donors (Lipinski definition) is 0. The van der Waals surface area contributed by atoms with Crippen molar-refractivity contribution in [1.29, 1.82) is 0 Å². The number of hydrogen-bond acceptors (Lipinski definition) is 2. The van der Waals surface area contributed by atoms with Crippen LogP contribution in [0.1, 0.15) is 4.88 Å². The molecule has 0 aromatic carbocycles. The zero-order valence-electron chi connectivity index (χ0n) is 5.06. The summed E-state index contributed by atoms with van der Waals surface area (Å²) in [7, 11) is 1.66. The van der Waals surface area contributed by atoms with Crippen molar-refractivity contribution in [2.24, 2.45) is 0 Å². The van der Waals surface area contributed by atoms with Crippen LogP contribution in [0.3, 0.4) is 0 Å². The van der Waals surface area contributed by atoms with Crippen molar-refractivity contribution in [2.75, 3.05) is 7.11 Å². The molecule has 1 aromatic rings. The second-order valence-electron chi connectivity index (χ2n) is 1.62. The third-order valence-corrected chi connectivity index (χ3v) is 2.33. The molecule has 0 aliphatic heterocycles. The number of ether oxygens (including phenoxy) is 1. The molecule has 0 unspecified atom stereocenters. The van der Waals surface area contributed by atoms with Crippen LogP contribution in [0.15, 0.2) is 11.4 Å². The average Bonchev–Trinajstić information content (AvgIpc) is 2.18. The van der Waals surface area contributed by atoms with Crippen LogP contribution in [0.5, 0.6) is 0 Å². The molecule has 0 atom stereocenters. The van der Waals surface area contributed by atoms with Crippen molar-refractivity contribution >= 4 is 22.9 Å². The fraction of sp³-hybridized carbons (Fsp3) is 0.333. The third-order valence-electron chi connectivity index (χ3n) is 0.966. The van der Waals surface area contributed by atoms with Crippen LogP contribution in [0, 0.1) is 0 Å². The molecule has 0 aliphatic carbocycles. The van der Waals surface area contributed by atoms with Crippen LogP contribution in [-0.4, -0.2) is 7.11 Å². The van der Waals surface area contributed by atoms with E-state index in [4.69, 9.17) is 16.3 Å². The summed E-state index contributed by atoms with van der Waals surface area (Å²) in [5, 5.41) is 2.76. The molecule has 1 rings (SSSR count). The third kappa shape index (κ3) is 1.68. The summed E-state index contributed by atoms with van der Waals surface area (Å²) in [6.45, 7) is 0.622. The molecular formula is C6H7ClOS. The molecule has 0 N–H and O–H groups in total. The molecule has 0 fully saturated rings. The number of methoxy groups -OCH3 is 1. The van der Waals surface area contributed by atoms with Crippen molar-refractivity contribution in [3.8, 4) is 0 Å². The van der Waals surface area contributed by atoms with Gasteiger partial charge in [0.15, 0.2) is 0 Å². The van der Waals surface area contributed by atoms with E-state index in [2.05, 4.69) is 0 Å². The maximum Gasteiger partial charge on any atom is 0.0820 e. The van der Waals surface area contributed by atoms with E-state index in [1.807, 2.05) is 11.4 Å². The lowest BCUT2D eigenvalue weighted by atomic mass is 10.5. The van der Waals surface area contributed by atoms with Gasteiger partial charge in [-0.1, -0.05) is 11.6 Å². The molecule has 1 heterocycles. The van der Waals surface area contributed by atoms with E-state index in [0.717, 1.165) is 9.90 Å². The average molecular weight is 163 g/mol. The summed E-state index contributed by atoms with van der Waals surface area (Å²) < 4.78 is 4.89. The molecule has 0 amide bonds. The van der Waals surface area contributed by atoms with Crippen LogP contribution in [0.2, 0.25) is 5.02 Å². The van der Waals surface area contributed by atoms with E-state index in [-0.39, 0.29) is 0 Å². The van der Waals surface area contributed by atoms with Gasteiger partial charge in [-0.2, -0.15) is 0 Å². The first-order chi connectivity index (χ1) is 4.34. The fourth-order valence-corrected chi connectivity index (χ4v) is 1.62. The van der Waals surface area contributed by atoms with Crippen LogP contribution >= 0.6 is 22.9 Å². The minimum atomic E-state index is 0.622. The van der Waals surface area contributed by atoms with Gasteiger partial charge >= 0.3 is 0 Å². The van der Waals surface area contributed by atoms with Crippen LogP contribution in [-0.2, 0) is 11.3 Å². The highest BCUT2D eigenvalue weighted by atomic mass is 35.5. The van der Waals surface area contributed by atoms with Crippen molar-refractivity contribution in [1.82, 2.24) is 0 Å². The van der Waals surface area contributed by atoms with Gasteiger partial charge in [-0.05, 0) is 11.4 Å². The SMILES string of the molecule is COCc1sccc1Cl. The Morgan fingerprint density at radius 3 is 3.00 bits per heavy atom. The Kier molecular flexibility index (Phi) is 2.51. The Morgan fingerprint density at radius 2 is 2.56 bits per heavy atom. The van der Waals surface area contributed by atoms with E-state index >= 15 is 0 Å². The quantitative estimate of drug-likeness (QED) is 0.650. The summed E-state index contributed by atoms with van der Waals surface area (Å²) in [5.41, 5.74) is 0. The van der Waals surface area contributed by atoms with Gasteiger partial charge in [0.1, 0.15) is 0 Å². The highest BCUT2D eigenvalue weighted by Gasteiger charge is 1.98. The van der Waals surface area contributed by atoms with E-state index in [1.54, 1.807) is 18.4 Å². The molecule has 9 heavy (non-hydrogen) atoms. The lowest BCUT2D eigenvalue weighted by Gasteiger charge is -1.92. The fourth-order valence-electron chi connectivity index (χ4n) is 0.559. The Balaban J connectivity index is 2.69. The van der Waals surface area contributed by atoms with Crippen molar-refractivity contribution in [2.45, 2.75) is 6.61 Å². The van der Waals surface area contributed by atoms with E-state index in [0.29, 0.717) is 6.61 Å². The van der Waals surface area contributed by atoms with Gasteiger partial charge in [-0.15, -0.1) is 11.3 Å². The summed E-state index contributed by atoms with van der Waals surface area (Å²) in [6.07, 6.45) is 0. The first-order valence-electron chi connectivity index (χ1n) is 2.55. The van der Waals surface area contributed by atoms with Gasteiger partial charge in [0.05, 0.1) is 11.6 Å². The molecule has 1 nitrogen and oxygen atoms in total. The Labute approximate surface area is 63.2 Å². The normalized spacial score (nSPS) is 10.0. The second-order valence-corrected chi connectivity index (χ2v) is 3.03. The van der Waals surface area contributed by atoms with Gasteiger partial charge in [0, 0.05) is 12.0 Å². The smallest absolute Gasteiger partial charge is 0.0820 e. The minimum absolute atomic E-state index is 0.622. The maximum atomic E-state index is 5.75. The Hall–Kier alpha value is -0.0500. The maximum absolute atomic E-state index is 5.75. The molecule has 1 aromatic heterocycles. The van der Waals surface area contributed by atoms with Gasteiger partial charge < -0.3 is 4.74 Å². The topological polar surface area (TPSA) is 9.23 Å². The van der Waals surface area contributed by atoms with E-state index < -0.39 is 0 Å². The predicted octanol–water partition coefficient (Wildman–Crippen LogP) is 2.55. The lowest BCUT2D eigenvalue weighted by Crippen LogP contribution is -1.81. The van der Waals surface area contributed by atoms with Crippen molar-refractivity contribution in [3.63, 3.8) is 0 Å². The standard InChI is InChI=1S/C6H7ClOS/c1-8-4-6-5(7)2-3-9-6/h2-3H,4H2,1H3. The molecule has 3 heteroatoms. The van der Waals surface area contributed by atoms with E-state index in [9.17, 15) is 0 Å². The summed E-state index contributed by atoms with van der Waals surface area (Å²) in [5.74, 6) is 0. The van der Waals surface area contributed by atoms with E-state index in [1.165, 1.54) is 0 Å². The lowest BCUT2D eigenvalue weighted by molar-refractivity contribution is 0.187. The Morgan fingerprint density at radius 1 is 1.78 bits per heavy atom. The molecule has 0 radical (unpaired) electrons. The first kappa shape index (κ1) is 7.06. The van der Waals surface area contributed by atoms with Gasteiger partial charge in [-0.25, -0.2) is 0 Å². The minimum Gasteiger partial charge on any atom is -0.379 e. The molecular weight excluding hydrogens is 156 g/mol.